The van der Waals surface area contributed by atoms with Gasteiger partial charge in [-0.25, -0.2) is 9.97 Å². The molecule has 3 aromatic rings. The number of carbonyl (C=O) groups excluding carboxylic acids is 1. The summed E-state index contributed by atoms with van der Waals surface area (Å²) in [7, 11) is 3.49. The third-order valence-corrected chi connectivity index (χ3v) is 4.89. The molecule has 1 amide bonds. The Kier molecular flexibility index (Phi) is 4.39. The number of amides is 1. The van der Waals surface area contributed by atoms with Gasteiger partial charge in [0, 0.05) is 38.8 Å². The fourth-order valence-electron chi connectivity index (χ4n) is 3.39. The first-order valence-corrected chi connectivity index (χ1v) is 8.91. The van der Waals surface area contributed by atoms with E-state index >= 15 is 0 Å². The lowest BCUT2D eigenvalue weighted by Crippen LogP contribution is -2.49. The molecule has 8 nitrogen and oxygen atoms in total. The van der Waals surface area contributed by atoms with Crippen LogP contribution in [-0.4, -0.2) is 63.8 Å². The van der Waals surface area contributed by atoms with E-state index in [0.717, 1.165) is 41.5 Å². The van der Waals surface area contributed by atoms with Crippen LogP contribution in [0.1, 0.15) is 16.2 Å². The van der Waals surface area contributed by atoms with Gasteiger partial charge in [-0.15, -0.1) is 0 Å². The van der Waals surface area contributed by atoms with E-state index in [0.29, 0.717) is 18.7 Å². The maximum atomic E-state index is 12.7. The predicted octanol–water partition coefficient (Wildman–Crippen LogP) is 1.64. The van der Waals surface area contributed by atoms with Gasteiger partial charge >= 0.3 is 0 Å². The fraction of sp³-hybridized carbons (Fsp3) is 0.368. The van der Waals surface area contributed by atoms with Crippen molar-refractivity contribution in [3.63, 3.8) is 0 Å². The standard InChI is InChI=1S/C19H22N6O2/c1-13-21-17-16(12-20-23(17)2)18(22-13)24-8-10-25(11-9-24)19(26)14-4-6-15(27-3)7-5-14/h4-7,12H,8-11H2,1-3H3. The predicted molar refractivity (Wildman–Crippen MR) is 102 cm³/mol. The molecule has 0 N–H and O–H groups in total. The highest BCUT2D eigenvalue weighted by molar-refractivity contribution is 5.94. The molecule has 1 saturated heterocycles. The van der Waals surface area contributed by atoms with E-state index in [1.165, 1.54) is 0 Å². The van der Waals surface area contributed by atoms with Crippen molar-refractivity contribution in [2.75, 3.05) is 38.2 Å². The molecule has 1 aliphatic rings. The van der Waals surface area contributed by atoms with Crippen LogP contribution in [0.2, 0.25) is 0 Å². The molecule has 0 radical (unpaired) electrons. The molecule has 8 heteroatoms. The Bertz CT molecular complexity index is 974. The summed E-state index contributed by atoms with van der Waals surface area (Å²) in [5.41, 5.74) is 1.51. The number of rotatable bonds is 3. The first-order valence-electron chi connectivity index (χ1n) is 8.91. The largest absolute Gasteiger partial charge is 0.497 e. The van der Waals surface area contributed by atoms with Crippen LogP contribution < -0.4 is 9.64 Å². The SMILES string of the molecule is COc1ccc(C(=O)N2CCN(c3nc(C)nc4c3cnn4C)CC2)cc1. The number of carbonyl (C=O) groups is 1. The van der Waals surface area contributed by atoms with E-state index in [9.17, 15) is 4.79 Å². The van der Waals surface area contributed by atoms with E-state index in [4.69, 9.17) is 4.74 Å². The van der Waals surface area contributed by atoms with E-state index in [2.05, 4.69) is 20.0 Å². The van der Waals surface area contributed by atoms with Gasteiger partial charge in [-0.3, -0.25) is 9.48 Å². The molecule has 0 aliphatic carbocycles. The van der Waals surface area contributed by atoms with Crippen molar-refractivity contribution in [2.45, 2.75) is 6.92 Å². The van der Waals surface area contributed by atoms with Gasteiger partial charge in [0.15, 0.2) is 5.65 Å². The number of hydrogen-bond acceptors (Lipinski definition) is 6. The first kappa shape index (κ1) is 17.3. The topological polar surface area (TPSA) is 76.4 Å². The second kappa shape index (κ2) is 6.86. The number of piperazine rings is 1. The van der Waals surface area contributed by atoms with Crippen LogP contribution in [0.5, 0.6) is 5.75 Å². The van der Waals surface area contributed by atoms with Crippen molar-refractivity contribution in [3.05, 3.63) is 41.9 Å². The third kappa shape index (κ3) is 3.18. The highest BCUT2D eigenvalue weighted by Gasteiger charge is 2.25. The minimum absolute atomic E-state index is 0.0442. The van der Waals surface area contributed by atoms with Crippen molar-refractivity contribution in [1.82, 2.24) is 24.6 Å². The number of hydrogen-bond donors (Lipinski definition) is 0. The molecular formula is C19H22N6O2. The van der Waals surface area contributed by atoms with Crippen LogP contribution >= 0.6 is 0 Å². The summed E-state index contributed by atoms with van der Waals surface area (Å²) in [6.45, 7) is 4.63. The van der Waals surface area contributed by atoms with Crippen molar-refractivity contribution in [3.8, 4) is 5.75 Å². The smallest absolute Gasteiger partial charge is 0.253 e. The number of aryl methyl sites for hydroxylation is 2. The van der Waals surface area contributed by atoms with Crippen molar-refractivity contribution < 1.29 is 9.53 Å². The number of aromatic nitrogens is 4. The van der Waals surface area contributed by atoms with Crippen LogP contribution in [0.3, 0.4) is 0 Å². The number of nitrogens with zero attached hydrogens (tertiary/aromatic N) is 6. The van der Waals surface area contributed by atoms with Gasteiger partial charge in [-0.1, -0.05) is 0 Å². The zero-order valence-electron chi connectivity index (χ0n) is 15.7. The van der Waals surface area contributed by atoms with Crippen LogP contribution in [0, 0.1) is 6.92 Å². The summed E-state index contributed by atoms with van der Waals surface area (Å²) in [5.74, 6) is 2.40. The van der Waals surface area contributed by atoms with Gasteiger partial charge in [0.2, 0.25) is 0 Å². The molecule has 1 aliphatic heterocycles. The third-order valence-electron chi connectivity index (χ3n) is 4.89. The van der Waals surface area contributed by atoms with Crippen molar-refractivity contribution in [2.24, 2.45) is 7.05 Å². The minimum Gasteiger partial charge on any atom is -0.497 e. The van der Waals surface area contributed by atoms with E-state index < -0.39 is 0 Å². The molecule has 4 rings (SSSR count). The summed E-state index contributed by atoms with van der Waals surface area (Å²) in [6, 6.07) is 7.24. The molecule has 2 aromatic heterocycles. The highest BCUT2D eigenvalue weighted by Crippen LogP contribution is 2.24. The molecule has 140 valence electrons. The highest BCUT2D eigenvalue weighted by atomic mass is 16.5. The fourth-order valence-corrected chi connectivity index (χ4v) is 3.39. The molecule has 0 bridgehead atoms. The zero-order chi connectivity index (χ0) is 19.0. The molecule has 1 aromatic carbocycles. The summed E-state index contributed by atoms with van der Waals surface area (Å²) in [6.07, 6.45) is 1.80. The van der Waals surface area contributed by atoms with Crippen molar-refractivity contribution in [1.29, 1.82) is 0 Å². The molecular weight excluding hydrogens is 344 g/mol. The first-order chi connectivity index (χ1) is 13.1. The molecule has 0 saturated carbocycles. The van der Waals surface area contributed by atoms with Gasteiger partial charge in [0.05, 0.1) is 18.7 Å². The van der Waals surface area contributed by atoms with Gasteiger partial charge < -0.3 is 14.5 Å². The summed E-state index contributed by atoms with van der Waals surface area (Å²) >= 11 is 0. The number of methoxy groups -OCH3 is 1. The van der Waals surface area contributed by atoms with Gasteiger partial charge in [-0.2, -0.15) is 5.10 Å². The zero-order valence-corrected chi connectivity index (χ0v) is 15.7. The molecule has 1 fully saturated rings. The monoisotopic (exact) mass is 366 g/mol. The number of ether oxygens (including phenoxy) is 1. The second-order valence-corrected chi connectivity index (χ2v) is 6.61. The summed E-state index contributed by atoms with van der Waals surface area (Å²) in [4.78, 5) is 25.9. The van der Waals surface area contributed by atoms with Crippen LogP contribution in [0.25, 0.3) is 11.0 Å². The van der Waals surface area contributed by atoms with E-state index in [1.807, 2.05) is 31.0 Å². The van der Waals surface area contributed by atoms with E-state index in [1.54, 1.807) is 30.1 Å². The van der Waals surface area contributed by atoms with Crippen LogP contribution in [0.15, 0.2) is 30.5 Å². The molecule has 3 heterocycles. The maximum Gasteiger partial charge on any atom is 0.253 e. The van der Waals surface area contributed by atoms with Crippen LogP contribution in [-0.2, 0) is 7.05 Å². The number of benzene rings is 1. The Morgan fingerprint density at radius 1 is 1.07 bits per heavy atom. The van der Waals surface area contributed by atoms with E-state index in [-0.39, 0.29) is 5.91 Å². The average Bonchev–Trinajstić information content (AvgIpc) is 3.08. The number of fused-ring (bicyclic) bond motifs is 1. The van der Waals surface area contributed by atoms with Crippen molar-refractivity contribution >= 4 is 22.8 Å². The summed E-state index contributed by atoms with van der Waals surface area (Å²) < 4.78 is 6.91. The molecule has 0 unspecified atom stereocenters. The lowest BCUT2D eigenvalue weighted by atomic mass is 10.1. The average molecular weight is 366 g/mol. The summed E-state index contributed by atoms with van der Waals surface area (Å²) in [5, 5.41) is 5.24. The normalized spacial score (nSPS) is 14.6. The Hall–Kier alpha value is -3.16. The molecule has 0 spiro atoms. The lowest BCUT2D eigenvalue weighted by Gasteiger charge is -2.35. The van der Waals surface area contributed by atoms with Gasteiger partial charge in [0.1, 0.15) is 17.4 Å². The van der Waals surface area contributed by atoms with Gasteiger partial charge in [-0.05, 0) is 31.2 Å². The minimum atomic E-state index is 0.0442. The molecule has 0 atom stereocenters. The second-order valence-electron chi connectivity index (χ2n) is 6.61. The number of anilines is 1. The molecule has 27 heavy (non-hydrogen) atoms. The Morgan fingerprint density at radius 3 is 2.44 bits per heavy atom. The Balaban J connectivity index is 1.50. The quantitative estimate of drug-likeness (QED) is 0.701. The lowest BCUT2D eigenvalue weighted by molar-refractivity contribution is 0.0746. The Morgan fingerprint density at radius 2 is 1.78 bits per heavy atom. The van der Waals surface area contributed by atoms with Gasteiger partial charge in [0.25, 0.3) is 5.91 Å². The van der Waals surface area contributed by atoms with Crippen LogP contribution in [0.4, 0.5) is 5.82 Å². The Labute approximate surface area is 157 Å². The maximum absolute atomic E-state index is 12.7.